The topological polar surface area (TPSA) is 57.0 Å². The van der Waals surface area contributed by atoms with Crippen molar-refractivity contribution in [2.45, 2.75) is 13.3 Å². The van der Waals surface area contributed by atoms with Gasteiger partial charge in [-0.2, -0.15) is 0 Å². The molecule has 0 saturated carbocycles. The lowest BCUT2D eigenvalue weighted by Gasteiger charge is -2.11. The molecule has 3 aromatic heterocycles. The average Bonchev–Trinajstić information content (AvgIpc) is 3.81. The normalized spacial score (nSPS) is 13.1. The molecule has 2 N–H and O–H groups in total. The van der Waals surface area contributed by atoms with Gasteiger partial charge < -0.3 is 14.7 Å². The van der Waals surface area contributed by atoms with Gasteiger partial charge in [-0.3, -0.25) is 4.98 Å². The lowest BCUT2D eigenvalue weighted by atomic mass is 9.98. The SMILES string of the molecule is C=C/C=C\C=C.Cc1ccccc1.N/C(=C\C=C1\C=Cc2cccnc2C1)c1ccc2cc(-n3c4ccccc4c4c5oc6ccccc6c5ccc43)ccc2c1. The second-order valence-electron chi connectivity index (χ2n) is 14.0. The Bertz CT molecular complexity index is 3030. The van der Waals surface area contributed by atoms with E-state index in [9.17, 15) is 0 Å². The Morgan fingerprint density at radius 2 is 1.44 bits per heavy atom. The zero-order valence-electron chi connectivity index (χ0n) is 32.0. The number of rotatable bonds is 5. The molecule has 0 saturated heterocycles. The molecule has 57 heavy (non-hydrogen) atoms. The van der Waals surface area contributed by atoms with Crippen LogP contribution < -0.4 is 5.73 Å². The third-order valence-electron chi connectivity index (χ3n) is 10.2. The van der Waals surface area contributed by atoms with Crippen LogP contribution in [-0.4, -0.2) is 9.55 Å². The van der Waals surface area contributed by atoms with E-state index in [0.29, 0.717) is 0 Å². The van der Waals surface area contributed by atoms with Crippen LogP contribution in [0.5, 0.6) is 0 Å². The van der Waals surface area contributed by atoms with E-state index >= 15 is 0 Å². The number of furan rings is 1. The van der Waals surface area contributed by atoms with Crippen molar-refractivity contribution in [1.82, 2.24) is 9.55 Å². The number of nitrogens with zero attached hydrogens (tertiary/aromatic N) is 2. The molecule has 0 fully saturated rings. The van der Waals surface area contributed by atoms with E-state index in [1.165, 1.54) is 22.1 Å². The highest BCUT2D eigenvalue weighted by atomic mass is 16.3. The van der Waals surface area contributed by atoms with Gasteiger partial charge in [0.05, 0.1) is 22.1 Å². The Morgan fingerprint density at radius 1 is 0.702 bits per heavy atom. The van der Waals surface area contributed by atoms with Crippen molar-refractivity contribution in [1.29, 1.82) is 0 Å². The molecule has 4 nitrogen and oxygen atoms in total. The molecule has 0 bridgehead atoms. The summed E-state index contributed by atoms with van der Waals surface area (Å²) in [4.78, 5) is 4.52. The minimum absolute atomic E-state index is 0.737. The standard InChI is InChI=1S/C40H27N3O.C7H8.C6H8/c41-34(19-12-25-11-13-26-6-5-21-42-35(26)22-25)29-15-14-28-24-30(17-16-27(28)23-29)43-36-9-3-1-8-33(36)39-37(43)20-18-32-31-7-2-4-10-38(31)44-40(32)39;1-7-5-3-2-4-6-7;1-3-5-6-4-2/h1-21,23-24H,22,41H2;2-6H,1H3;3-6H,1-2H2/b25-12-,34-19-;;6-5-. The fourth-order valence-corrected chi connectivity index (χ4v) is 7.36. The summed E-state index contributed by atoms with van der Waals surface area (Å²) in [6.45, 7) is 9.01. The molecule has 6 aromatic carbocycles. The predicted molar refractivity (Wildman–Crippen MR) is 244 cm³/mol. The van der Waals surface area contributed by atoms with Crippen LogP contribution in [0.1, 0.15) is 22.4 Å². The maximum atomic E-state index is 6.57. The van der Waals surface area contributed by atoms with Gasteiger partial charge in [0, 0.05) is 40.2 Å². The fourth-order valence-electron chi connectivity index (χ4n) is 7.36. The number of allylic oxidation sites excluding steroid dienone is 8. The Morgan fingerprint density at radius 3 is 2.23 bits per heavy atom. The third kappa shape index (κ3) is 7.62. The van der Waals surface area contributed by atoms with Gasteiger partial charge in [-0.25, -0.2) is 0 Å². The number of para-hydroxylation sites is 2. The van der Waals surface area contributed by atoms with Crippen molar-refractivity contribution in [3.63, 3.8) is 0 Å². The molecule has 0 aliphatic heterocycles. The quantitative estimate of drug-likeness (QED) is 0.179. The molecule has 0 amide bonds. The third-order valence-corrected chi connectivity index (χ3v) is 10.2. The first-order valence-electron chi connectivity index (χ1n) is 19.1. The van der Waals surface area contributed by atoms with Crippen molar-refractivity contribution in [2.75, 3.05) is 0 Å². The molecule has 0 unspecified atom stereocenters. The number of aryl methyl sites for hydroxylation is 1. The first-order chi connectivity index (χ1) is 28.0. The summed E-state index contributed by atoms with van der Waals surface area (Å²) in [6, 6.07) is 48.7. The van der Waals surface area contributed by atoms with Gasteiger partial charge in [-0.15, -0.1) is 0 Å². The van der Waals surface area contributed by atoms with Crippen LogP contribution in [-0.2, 0) is 6.42 Å². The molecule has 276 valence electrons. The second kappa shape index (κ2) is 16.5. The summed E-state index contributed by atoms with van der Waals surface area (Å²) in [5.41, 5.74) is 18.3. The number of pyridine rings is 1. The molecular formula is C53H43N3O. The van der Waals surface area contributed by atoms with Gasteiger partial charge in [0.25, 0.3) is 0 Å². The minimum atomic E-state index is 0.737. The lowest BCUT2D eigenvalue weighted by molar-refractivity contribution is 0.673. The molecule has 0 spiro atoms. The van der Waals surface area contributed by atoms with E-state index in [1.807, 2.05) is 60.8 Å². The summed E-state index contributed by atoms with van der Waals surface area (Å²) in [5.74, 6) is 0. The van der Waals surface area contributed by atoms with Gasteiger partial charge in [0.2, 0.25) is 0 Å². The van der Waals surface area contributed by atoms with Crippen molar-refractivity contribution in [3.05, 3.63) is 229 Å². The zero-order valence-corrected chi connectivity index (χ0v) is 32.0. The molecular weight excluding hydrogens is 695 g/mol. The predicted octanol–water partition coefficient (Wildman–Crippen LogP) is 13.6. The van der Waals surface area contributed by atoms with Crippen LogP contribution >= 0.6 is 0 Å². The summed E-state index contributed by atoms with van der Waals surface area (Å²) in [6.07, 6.45) is 18.1. The van der Waals surface area contributed by atoms with Crippen LogP contribution in [0, 0.1) is 6.92 Å². The van der Waals surface area contributed by atoms with Gasteiger partial charge in [-0.1, -0.05) is 152 Å². The van der Waals surface area contributed by atoms with Crippen molar-refractivity contribution in [3.8, 4) is 5.69 Å². The van der Waals surface area contributed by atoms with Crippen molar-refractivity contribution in [2.24, 2.45) is 5.73 Å². The number of hydrogen-bond acceptors (Lipinski definition) is 3. The molecule has 0 atom stereocenters. The van der Waals surface area contributed by atoms with E-state index in [1.54, 1.807) is 12.2 Å². The monoisotopic (exact) mass is 737 g/mol. The lowest BCUT2D eigenvalue weighted by Crippen LogP contribution is -2.00. The van der Waals surface area contributed by atoms with Crippen LogP contribution in [0.25, 0.3) is 72.0 Å². The average molecular weight is 738 g/mol. The number of nitrogens with two attached hydrogens (primary N) is 1. The molecule has 1 aliphatic carbocycles. The number of aromatic nitrogens is 2. The van der Waals surface area contributed by atoms with Crippen LogP contribution in [0.2, 0.25) is 0 Å². The second-order valence-corrected chi connectivity index (χ2v) is 14.0. The zero-order chi connectivity index (χ0) is 39.1. The van der Waals surface area contributed by atoms with E-state index in [0.717, 1.165) is 78.2 Å². The summed E-state index contributed by atoms with van der Waals surface area (Å²) in [5, 5.41) is 6.91. The Labute approximate surface area is 333 Å². The van der Waals surface area contributed by atoms with Gasteiger partial charge in [0.1, 0.15) is 11.2 Å². The number of hydrogen-bond donors (Lipinski definition) is 1. The molecule has 3 heterocycles. The van der Waals surface area contributed by atoms with E-state index < -0.39 is 0 Å². The van der Waals surface area contributed by atoms with Crippen molar-refractivity contribution < 1.29 is 4.42 Å². The number of fused-ring (bicyclic) bond motifs is 9. The van der Waals surface area contributed by atoms with E-state index in [4.69, 9.17) is 10.2 Å². The number of benzene rings is 6. The first-order valence-corrected chi connectivity index (χ1v) is 19.1. The maximum absolute atomic E-state index is 6.57. The maximum Gasteiger partial charge on any atom is 0.145 e. The van der Waals surface area contributed by atoms with Crippen molar-refractivity contribution >= 4 is 66.3 Å². The molecule has 0 radical (unpaired) electrons. The Balaban J connectivity index is 0.000000301. The summed E-state index contributed by atoms with van der Waals surface area (Å²) in [7, 11) is 0. The Hall–Kier alpha value is -7.43. The van der Waals surface area contributed by atoms with Crippen LogP contribution in [0.4, 0.5) is 0 Å². The van der Waals surface area contributed by atoms with Crippen LogP contribution in [0.15, 0.2) is 211 Å². The first kappa shape index (κ1) is 36.5. The summed E-state index contributed by atoms with van der Waals surface area (Å²) < 4.78 is 8.80. The largest absolute Gasteiger partial charge is 0.455 e. The minimum Gasteiger partial charge on any atom is -0.455 e. The molecule has 4 heteroatoms. The highest BCUT2D eigenvalue weighted by Gasteiger charge is 2.18. The van der Waals surface area contributed by atoms with Gasteiger partial charge >= 0.3 is 0 Å². The van der Waals surface area contributed by atoms with Gasteiger partial charge in [0.15, 0.2) is 0 Å². The molecule has 10 rings (SSSR count). The Kier molecular flexibility index (Phi) is 10.6. The summed E-state index contributed by atoms with van der Waals surface area (Å²) >= 11 is 0. The smallest absolute Gasteiger partial charge is 0.145 e. The highest BCUT2D eigenvalue weighted by molar-refractivity contribution is 6.23. The molecule has 1 aliphatic rings. The van der Waals surface area contributed by atoms with E-state index in [-0.39, 0.29) is 0 Å². The van der Waals surface area contributed by atoms with Gasteiger partial charge in [-0.05, 0) is 89.0 Å². The van der Waals surface area contributed by atoms with E-state index in [2.05, 4.69) is 151 Å². The molecule has 9 aromatic rings. The fraction of sp³-hybridized carbons (Fsp3) is 0.0377. The van der Waals surface area contributed by atoms with Crippen LogP contribution in [0.3, 0.4) is 0 Å². The highest BCUT2D eigenvalue weighted by Crippen LogP contribution is 2.40.